The number of halogens is 4. The molecule has 2 aromatic heterocycles. The third kappa shape index (κ3) is 5.52. The zero-order valence-corrected chi connectivity index (χ0v) is 22.6. The van der Waals surface area contributed by atoms with Crippen LogP contribution in [0, 0.1) is 12.7 Å². The number of rotatable bonds is 6. The third-order valence-electron chi connectivity index (χ3n) is 6.74. The topological polar surface area (TPSA) is 106 Å². The Labute approximate surface area is 232 Å². The van der Waals surface area contributed by atoms with Crippen molar-refractivity contribution in [2.24, 2.45) is 0 Å². The molecule has 41 heavy (non-hydrogen) atoms. The van der Waals surface area contributed by atoms with Gasteiger partial charge in [-0.25, -0.2) is 4.39 Å². The summed E-state index contributed by atoms with van der Waals surface area (Å²) in [6.45, 7) is 1.47. The van der Waals surface area contributed by atoms with Crippen LogP contribution < -0.4 is 15.0 Å². The molecule has 0 bridgehead atoms. The molecule has 214 valence electrons. The number of nitrogens with one attached hydrogen (secondary N) is 1. The van der Waals surface area contributed by atoms with Crippen molar-refractivity contribution in [3.63, 3.8) is 0 Å². The van der Waals surface area contributed by atoms with Crippen molar-refractivity contribution in [3.05, 3.63) is 99.3 Å². The van der Waals surface area contributed by atoms with Gasteiger partial charge in [-0.05, 0) is 53.9 Å². The van der Waals surface area contributed by atoms with Gasteiger partial charge in [0.05, 0.1) is 18.4 Å². The van der Waals surface area contributed by atoms with E-state index in [1.165, 1.54) is 58.6 Å². The monoisotopic (exact) mass is 589 g/mol. The molecule has 3 heterocycles. The Morgan fingerprint density at radius 3 is 2.51 bits per heavy atom. The lowest BCUT2D eigenvalue weighted by Gasteiger charge is -2.30. The predicted octanol–water partition coefficient (Wildman–Crippen LogP) is 4.48. The van der Waals surface area contributed by atoms with Gasteiger partial charge in [-0.15, -0.1) is 5.10 Å². The zero-order valence-electron chi connectivity index (χ0n) is 21.7. The number of nitrogens with zero attached hydrogens (tertiary/aromatic N) is 4. The molecule has 14 heteroatoms. The Balaban J connectivity index is 1.55. The van der Waals surface area contributed by atoms with Crippen LogP contribution in [0.25, 0.3) is 16.8 Å². The molecule has 0 saturated heterocycles. The number of aromatic nitrogens is 3. The largest absolute Gasteiger partial charge is 0.495 e. The van der Waals surface area contributed by atoms with E-state index in [1.807, 2.05) is 0 Å². The number of anilines is 1. The number of benzene rings is 2. The summed E-state index contributed by atoms with van der Waals surface area (Å²) in [5.41, 5.74) is -0.141. The van der Waals surface area contributed by atoms with Gasteiger partial charge in [0.1, 0.15) is 11.6 Å². The summed E-state index contributed by atoms with van der Waals surface area (Å²) < 4.78 is 91.8. The molecule has 5 rings (SSSR count). The lowest BCUT2D eigenvalue weighted by Crippen LogP contribution is -2.41. The third-order valence-corrected chi connectivity index (χ3v) is 8.20. The van der Waals surface area contributed by atoms with E-state index >= 15 is 4.39 Å². The smallest absolute Gasteiger partial charge is 0.416 e. The molecule has 9 nitrogen and oxygen atoms in total. The van der Waals surface area contributed by atoms with Crippen molar-refractivity contribution < 1.29 is 30.7 Å². The fraction of sp³-hybridized carbons (Fsp3) is 0.222. The molecule has 0 spiro atoms. The van der Waals surface area contributed by atoms with Gasteiger partial charge in [-0.2, -0.15) is 31.0 Å². The molecular formula is C27H23F4N5O4S. The summed E-state index contributed by atoms with van der Waals surface area (Å²) in [4.78, 5) is 13.1. The highest BCUT2D eigenvalue weighted by atomic mass is 32.2. The first-order valence-electron chi connectivity index (χ1n) is 12.2. The standard InChI is InChI=1S/C27H23F4N5O4S/c1-16-5-7-18(27(29,30)31)12-19(16)20-13-24(40-2)23(14-21(20)28)36-22-9-11-35(15-17(22)6-8-26(36)37)41(38,39)34-25-4-3-10-32-33-25/h3-8,10,12-14H,9,11,15H2,1-2H3,(H,33,34). The van der Waals surface area contributed by atoms with E-state index < -0.39 is 33.3 Å². The quantitative estimate of drug-likeness (QED) is 0.333. The summed E-state index contributed by atoms with van der Waals surface area (Å²) in [5.74, 6) is -0.770. The highest BCUT2D eigenvalue weighted by Crippen LogP contribution is 2.38. The molecule has 4 aromatic rings. The number of pyridine rings is 1. The fourth-order valence-corrected chi connectivity index (χ4v) is 5.88. The van der Waals surface area contributed by atoms with Crippen LogP contribution in [0.1, 0.15) is 22.4 Å². The van der Waals surface area contributed by atoms with Crippen LogP contribution in [0.2, 0.25) is 0 Å². The Morgan fingerprint density at radius 2 is 1.83 bits per heavy atom. The number of ether oxygens (including phenoxy) is 1. The van der Waals surface area contributed by atoms with Gasteiger partial charge in [0, 0.05) is 49.1 Å². The molecule has 1 aliphatic heterocycles. The highest BCUT2D eigenvalue weighted by molar-refractivity contribution is 7.90. The van der Waals surface area contributed by atoms with E-state index in [4.69, 9.17) is 4.74 Å². The van der Waals surface area contributed by atoms with E-state index in [0.717, 1.165) is 18.2 Å². The molecule has 0 fully saturated rings. The minimum atomic E-state index is -4.62. The van der Waals surface area contributed by atoms with Crippen LogP contribution in [-0.2, 0) is 29.4 Å². The first-order valence-corrected chi connectivity index (χ1v) is 13.7. The summed E-state index contributed by atoms with van der Waals surface area (Å²) in [5, 5.41) is 7.38. The van der Waals surface area contributed by atoms with Gasteiger partial charge in [0.2, 0.25) is 0 Å². The Kier molecular flexibility index (Phi) is 7.30. The average Bonchev–Trinajstić information content (AvgIpc) is 2.93. The number of aryl methyl sites for hydroxylation is 1. The average molecular weight is 590 g/mol. The molecule has 0 radical (unpaired) electrons. The van der Waals surface area contributed by atoms with Gasteiger partial charge in [0.15, 0.2) is 5.82 Å². The normalized spacial score (nSPS) is 14.0. The Bertz CT molecular complexity index is 1790. The second kappa shape index (κ2) is 10.6. The van der Waals surface area contributed by atoms with Crippen LogP contribution in [0.5, 0.6) is 5.75 Å². The number of hydrogen-bond donors (Lipinski definition) is 1. The van der Waals surface area contributed by atoms with E-state index in [0.29, 0.717) is 16.8 Å². The number of alkyl halides is 3. The van der Waals surface area contributed by atoms with Crippen molar-refractivity contribution in [1.29, 1.82) is 0 Å². The predicted molar refractivity (Wildman–Crippen MR) is 142 cm³/mol. The van der Waals surface area contributed by atoms with E-state index in [-0.39, 0.29) is 47.9 Å². The second-order valence-corrected chi connectivity index (χ2v) is 11.0. The maximum absolute atomic E-state index is 15.6. The molecule has 0 aliphatic carbocycles. The first kappa shape index (κ1) is 28.2. The number of methoxy groups -OCH3 is 1. The lowest BCUT2D eigenvalue weighted by atomic mass is 9.96. The van der Waals surface area contributed by atoms with Crippen molar-refractivity contribution in [3.8, 4) is 22.6 Å². The lowest BCUT2D eigenvalue weighted by molar-refractivity contribution is -0.137. The highest BCUT2D eigenvalue weighted by Gasteiger charge is 2.32. The maximum Gasteiger partial charge on any atom is 0.416 e. The number of fused-ring (bicyclic) bond motifs is 1. The zero-order chi connectivity index (χ0) is 29.5. The van der Waals surface area contributed by atoms with Gasteiger partial charge in [0.25, 0.3) is 5.56 Å². The minimum Gasteiger partial charge on any atom is -0.495 e. The van der Waals surface area contributed by atoms with E-state index in [9.17, 15) is 26.4 Å². The summed E-state index contributed by atoms with van der Waals surface area (Å²) in [7, 11) is -2.71. The van der Waals surface area contributed by atoms with Gasteiger partial charge < -0.3 is 4.74 Å². The molecule has 0 atom stereocenters. The van der Waals surface area contributed by atoms with Gasteiger partial charge in [-0.1, -0.05) is 12.1 Å². The van der Waals surface area contributed by atoms with Crippen LogP contribution in [0.4, 0.5) is 23.4 Å². The van der Waals surface area contributed by atoms with Crippen LogP contribution >= 0.6 is 0 Å². The van der Waals surface area contributed by atoms with Crippen molar-refractivity contribution in [1.82, 2.24) is 19.1 Å². The summed E-state index contributed by atoms with van der Waals surface area (Å²) in [6.07, 6.45) is -3.12. The van der Waals surface area contributed by atoms with Gasteiger partial charge >= 0.3 is 16.4 Å². The van der Waals surface area contributed by atoms with Crippen LogP contribution in [-0.4, -0.2) is 41.1 Å². The molecule has 0 unspecified atom stereocenters. The maximum atomic E-state index is 15.6. The fourth-order valence-electron chi connectivity index (χ4n) is 4.73. The molecule has 0 amide bonds. The second-order valence-electron chi connectivity index (χ2n) is 9.31. The molecule has 1 N–H and O–H groups in total. The molecular weight excluding hydrogens is 566 g/mol. The van der Waals surface area contributed by atoms with E-state index in [1.54, 1.807) is 6.92 Å². The summed E-state index contributed by atoms with van der Waals surface area (Å²) >= 11 is 0. The summed E-state index contributed by atoms with van der Waals surface area (Å²) in [6, 6.07) is 11.0. The van der Waals surface area contributed by atoms with Gasteiger partial charge in [-0.3, -0.25) is 14.1 Å². The van der Waals surface area contributed by atoms with E-state index in [2.05, 4.69) is 14.9 Å². The van der Waals surface area contributed by atoms with Crippen molar-refractivity contribution in [2.45, 2.75) is 26.1 Å². The number of hydrogen-bond acceptors (Lipinski definition) is 6. The Morgan fingerprint density at radius 1 is 1.05 bits per heavy atom. The molecule has 1 aliphatic rings. The van der Waals surface area contributed by atoms with Crippen molar-refractivity contribution >= 4 is 16.0 Å². The SMILES string of the molecule is COc1cc(-c2cc(C(F)(F)F)ccc2C)c(F)cc1-n1c2c(ccc1=O)CN(S(=O)(=O)Nc1cccnn1)CC2. The van der Waals surface area contributed by atoms with Crippen LogP contribution in [0.3, 0.4) is 0 Å². The van der Waals surface area contributed by atoms with Crippen LogP contribution in [0.15, 0.2) is 65.6 Å². The van der Waals surface area contributed by atoms with Crippen molar-refractivity contribution in [2.75, 3.05) is 18.4 Å². The minimum absolute atomic E-state index is 0.00163. The Hall–Kier alpha value is -4.30. The molecule has 2 aromatic carbocycles. The molecule has 0 saturated carbocycles. The first-order chi connectivity index (χ1) is 19.4.